The fourth-order valence-corrected chi connectivity index (χ4v) is 1.41. The third-order valence-electron chi connectivity index (χ3n) is 2.39. The zero-order valence-corrected chi connectivity index (χ0v) is 10.1. The lowest BCUT2D eigenvalue weighted by molar-refractivity contribution is 0.0690. The molecular formula is C10H18N4O3. The van der Waals surface area contributed by atoms with E-state index in [1.807, 2.05) is 0 Å². The van der Waals surface area contributed by atoms with Crippen molar-refractivity contribution in [2.24, 2.45) is 0 Å². The van der Waals surface area contributed by atoms with Crippen LogP contribution in [0.1, 0.15) is 23.8 Å². The largest absolute Gasteiger partial charge is 0.476 e. The minimum absolute atomic E-state index is 0.0334. The topological polar surface area (TPSA) is 89.3 Å². The second kappa shape index (κ2) is 6.97. The Labute approximate surface area is 99.8 Å². The SMILES string of the molecule is CCC(COC)NCCn1cc(C(=O)O)nn1. The molecule has 1 unspecified atom stereocenters. The van der Waals surface area contributed by atoms with Crippen molar-refractivity contribution in [1.82, 2.24) is 20.3 Å². The standard InChI is InChI=1S/C10H18N4O3/c1-3-8(7-17-2)11-4-5-14-6-9(10(15)16)12-13-14/h6,8,11H,3-5,7H2,1-2H3,(H,15,16). The second-order valence-electron chi connectivity index (χ2n) is 3.69. The molecule has 0 aliphatic heterocycles. The van der Waals surface area contributed by atoms with Gasteiger partial charge in [-0.15, -0.1) is 5.10 Å². The first-order valence-corrected chi connectivity index (χ1v) is 5.53. The first kappa shape index (κ1) is 13.6. The quantitative estimate of drug-likeness (QED) is 0.666. The molecule has 1 aromatic rings. The molecule has 0 radical (unpaired) electrons. The van der Waals surface area contributed by atoms with Crippen LogP contribution in [-0.2, 0) is 11.3 Å². The summed E-state index contributed by atoms with van der Waals surface area (Å²) >= 11 is 0. The number of ether oxygens (including phenoxy) is 1. The van der Waals surface area contributed by atoms with Gasteiger partial charge in [-0.1, -0.05) is 12.1 Å². The fraction of sp³-hybridized carbons (Fsp3) is 0.700. The lowest BCUT2D eigenvalue weighted by atomic mass is 10.2. The molecule has 1 rings (SSSR count). The van der Waals surface area contributed by atoms with Gasteiger partial charge in [-0.2, -0.15) is 0 Å². The van der Waals surface area contributed by atoms with E-state index >= 15 is 0 Å². The third kappa shape index (κ3) is 4.49. The zero-order chi connectivity index (χ0) is 12.7. The summed E-state index contributed by atoms with van der Waals surface area (Å²) in [6, 6.07) is 0.308. The Morgan fingerprint density at radius 3 is 3.00 bits per heavy atom. The van der Waals surface area contributed by atoms with E-state index in [0.29, 0.717) is 25.7 Å². The predicted molar refractivity (Wildman–Crippen MR) is 60.9 cm³/mol. The van der Waals surface area contributed by atoms with Gasteiger partial charge in [-0.25, -0.2) is 4.79 Å². The molecule has 0 amide bonds. The minimum atomic E-state index is -1.06. The van der Waals surface area contributed by atoms with E-state index in [4.69, 9.17) is 9.84 Å². The summed E-state index contributed by atoms with van der Waals surface area (Å²) in [5, 5.41) is 19.2. The summed E-state index contributed by atoms with van der Waals surface area (Å²) < 4.78 is 6.57. The van der Waals surface area contributed by atoms with Crippen molar-refractivity contribution in [2.75, 3.05) is 20.3 Å². The van der Waals surface area contributed by atoms with Crippen LogP contribution in [0.4, 0.5) is 0 Å². The van der Waals surface area contributed by atoms with Crippen molar-refractivity contribution in [3.63, 3.8) is 0 Å². The number of carbonyl (C=O) groups is 1. The van der Waals surface area contributed by atoms with Gasteiger partial charge >= 0.3 is 5.97 Å². The van der Waals surface area contributed by atoms with Crippen molar-refractivity contribution in [3.05, 3.63) is 11.9 Å². The van der Waals surface area contributed by atoms with Gasteiger partial charge in [0.1, 0.15) is 0 Å². The highest BCUT2D eigenvalue weighted by Gasteiger charge is 2.08. The minimum Gasteiger partial charge on any atom is -0.476 e. The smallest absolute Gasteiger partial charge is 0.358 e. The van der Waals surface area contributed by atoms with E-state index in [9.17, 15) is 4.79 Å². The van der Waals surface area contributed by atoms with Crippen LogP contribution in [0.2, 0.25) is 0 Å². The molecule has 0 saturated carbocycles. The van der Waals surface area contributed by atoms with Gasteiger partial charge < -0.3 is 15.2 Å². The predicted octanol–water partition coefficient (Wildman–Crippen LogP) is -0.00910. The monoisotopic (exact) mass is 242 g/mol. The van der Waals surface area contributed by atoms with Crippen molar-refractivity contribution >= 4 is 5.97 Å². The Kier molecular flexibility index (Phi) is 5.58. The summed E-state index contributed by atoms with van der Waals surface area (Å²) in [4.78, 5) is 10.6. The molecule has 0 aromatic carbocycles. The normalized spacial score (nSPS) is 12.6. The van der Waals surface area contributed by atoms with Crippen LogP contribution >= 0.6 is 0 Å². The summed E-state index contributed by atoms with van der Waals surface area (Å²) in [6.45, 7) is 4.02. The van der Waals surface area contributed by atoms with E-state index in [0.717, 1.165) is 6.42 Å². The molecule has 0 saturated heterocycles. The van der Waals surface area contributed by atoms with Crippen LogP contribution in [0.3, 0.4) is 0 Å². The van der Waals surface area contributed by atoms with Gasteiger partial charge in [0.25, 0.3) is 0 Å². The fourth-order valence-electron chi connectivity index (χ4n) is 1.41. The van der Waals surface area contributed by atoms with Crippen molar-refractivity contribution in [2.45, 2.75) is 25.9 Å². The molecule has 96 valence electrons. The lowest BCUT2D eigenvalue weighted by Crippen LogP contribution is -2.34. The number of aromatic carboxylic acids is 1. The lowest BCUT2D eigenvalue weighted by Gasteiger charge is -2.15. The number of carboxylic acids is 1. The average molecular weight is 242 g/mol. The highest BCUT2D eigenvalue weighted by atomic mass is 16.5. The van der Waals surface area contributed by atoms with E-state index in [-0.39, 0.29) is 5.69 Å². The summed E-state index contributed by atoms with van der Waals surface area (Å²) in [5.41, 5.74) is -0.0334. The van der Waals surface area contributed by atoms with Crippen molar-refractivity contribution < 1.29 is 14.6 Å². The first-order valence-electron chi connectivity index (χ1n) is 5.53. The van der Waals surface area contributed by atoms with Crippen molar-refractivity contribution in [3.8, 4) is 0 Å². The zero-order valence-electron chi connectivity index (χ0n) is 10.1. The van der Waals surface area contributed by atoms with Gasteiger partial charge in [0, 0.05) is 19.7 Å². The van der Waals surface area contributed by atoms with E-state index < -0.39 is 5.97 Å². The number of nitrogens with one attached hydrogen (secondary N) is 1. The van der Waals surface area contributed by atoms with Gasteiger partial charge in [0.05, 0.1) is 19.3 Å². The number of rotatable bonds is 8. The molecule has 0 spiro atoms. The number of hydrogen-bond donors (Lipinski definition) is 2. The number of nitrogens with zero attached hydrogens (tertiary/aromatic N) is 3. The van der Waals surface area contributed by atoms with Gasteiger partial charge in [0.15, 0.2) is 5.69 Å². The van der Waals surface area contributed by atoms with Crippen LogP contribution in [0.25, 0.3) is 0 Å². The molecule has 0 aliphatic rings. The van der Waals surface area contributed by atoms with Crippen LogP contribution in [-0.4, -0.2) is 52.4 Å². The molecule has 17 heavy (non-hydrogen) atoms. The molecule has 1 heterocycles. The number of methoxy groups -OCH3 is 1. The molecule has 2 N–H and O–H groups in total. The first-order chi connectivity index (χ1) is 8.17. The van der Waals surface area contributed by atoms with Crippen LogP contribution < -0.4 is 5.32 Å². The Balaban J connectivity index is 2.32. The Morgan fingerprint density at radius 2 is 2.47 bits per heavy atom. The second-order valence-corrected chi connectivity index (χ2v) is 3.69. The van der Waals surface area contributed by atoms with Gasteiger partial charge in [-0.05, 0) is 6.42 Å². The summed E-state index contributed by atoms with van der Waals surface area (Å²) in [6.07, 6.45) is 2.40. The van der Waals surface area contributed by atoms with E-state index in [1.54, 1.807) is 7.11 Å². The Morgan fingerprint density at radius 1 is 1.71 bits per heavy atom. The molecule has 1 aromatic heterocycles. The van der Waals surface area contributed by atoms with Gasteiger partial charge in [0.2, 0.25) is 0 Å². The van der Waals surface area contributed by atoms with E-state index in [1.165, 1.54) is 10.9 Å². The maximum absolute atomic E-state index is 10.6. The molecule has 7 heteroatoms. The molecular weight excluding hydrogens is 224 g/mol. The maximum Gasteiger partial charge on any atom is 0.358 e. The average Bonchev–Trinajstić information content (AvgIpc) is 2.77. The highest BCUT2D eigenvalue weighted by molar-refractivity contribution is 5.84. The van der Waals surface area contributed by atoms with Crippen LogP contribution in [0, 0.1) is 0 Å². The third-order valence-corrected chi connectivity index (χ3v) is 2.39. The molecule has 0 bridgehead atoms. The molecule has 1 atom stereocenters. The highest BCUT2D eigenvalue weighted by Crippen LogP contribution is 1.94. The van der Waals surface area contributed by atoms with Crippen LogP contribution in [0.15, 0.2) is 6.20 Å². The summed E-state index contributed by atoms with van der Waals surface area (Å²) in [5.74, 6) is -1.06. The molecule has 0 fully saturated rings. The van der Waals surface area contributed by atoms with Crippen LogP contribution in [0.5, 0.6) is 0 Å². The van der Waals surface area contributed by atoms with Gasteiger partial charge in [-0.3, -0.25) is 4.68 Å². The van der Waals surface area contributed by atoms with E-state index in [2.05, 4.69) is 22.6 Å². The number of aromatic nitrogens is 3. The summed E-state index contributed by atoms with van der Waals surface area (Å²) in [7, 11) is 1.67. The molecule has 0 aliphatic carbocycles. The number of carboxylic acid groups (broad SMARTS) is 1. The van der Waals surface area contributed by atoms with Crippen molar-refractivity contribution in [1.29, 1.82) is 0 Å². The Bertz CT molecular complexity index is 353. The molecule has 7 nitrogen and oxygen atoms in total. The number of hydrogen-bond acceptors (Lipinski definition) is 5. The maximum atomic E-state index is 10.6. The Hall–Kier alpha value is -1.47.